The van der Waals surface area contributed by atoms with Gasteiger partial charge in [0.15, 0.2) is 33.9 Å². The highest BCUT2D eigenvalue weighted by atomic mass is 16.1. The molecule has 0 unspecified atom stereocenters. The van der Waals surface area contributed by atoms with Gasteiger partial charge in [0.25, 0.3) is 11.1 Å². The summed E-state index contributed by atoms with van der Waals surface area (Å²) in [4.78, 5) is 25.8. The molecular formula is C20H26N14O2. The van der Waals surface area contributed by atoms with Crippen LogP contribution in [0.5, 0.6) is 0 Å². The zero-order valence-electron chi connectivity index (χ0n) is 20.5. The van der Waals surface area contributed by atoms with Crippen molar-refractivity contribution in [3.63, 3.8) is 0 Å². The van der Waals surface area contributed by atoms with E-state index < -0.39 is 21.9 Å². The van der Waals surface area contributed by atoms with Crippen LogP contribution in [0, 0.1) is 21.4 Å². The van der Waals surface area contributed by atoms with Gasteiger partial charge in [-0.1, -0.05) is 41.5 Å². The van der Waals surface area contributed by atoms with Crippen molar-refractivity contribution in [3.05, 3.63) is 53.5 Å². The predicted octanol–water partition coefficient (Wildman–Crippen LogP) is -0.510. The van der Waals surface area contributed by atoms with Crippen LogP contribution in [0.3, 0.4) is 0 Å². The lowest BCUT2D eigenvalue weighted by molar-refractivity contribution is 0.542. The molecule has 16 heteroatoms. The Morgan fingerprint density at radius 3 is 1.25 bits per heavy atom. The monoisotopic (exact) mass is 494 g/mol. The molecule has 0 fully saturated rings. The number of fused-ring (bicyclic) bond motifs is 2. The highest BCUT2D eigenvalue weighted by molar-refractivity contribution is 5.51. The summed E-state index contributed by atoms with van der Waals surface area (Å²) in [7, 11) is 0. The summed E-state index contributed by atoms with van der Waals surface area (Å²) in [5, 5.41) is 37.3. The van der Waals surface area contributed by atoms with Gasteiger partial charge < -0.3 is 11.5 Å². The average molecular weight is 495 g/mol. The van der Waals surface area contributed by atoms with Crippen molar-refractivity contribution >= 4 is 22.9 Å². The summed E-state index contributed by atoms with van der Waals surface area (Å²) < 4.78 is 2.24. The van der Waals surface area contributed by atoms with E-state index in [1.807, 2.05) is 41.5 Å². The fourth-order valence-electron chi connectivity index (χ4n) is 3.78. The van der Waals surface area contributed by atoms with Crippen LogP contribution in [0.2, 0.25) is 0 Å². The third-order valence-corrected chi connectivity index (χ3v) is 5.60. The van der Waals surface area contributed by atoms with Crippen LogP contribution in [0.4, 0.5) is 11.6 Å². The second-order valence-electron chi connectivity index (χ2n) is 10.4. The molecule has 8 N–H and O–H groups in total. The predicted molar refractivity (Wildman–Crippen MR) is 128 cm³/mol. The molecular weight excluding hydrogens is 468 g/mol. The minimum atomic E-state index is -0.518. The molecule has 0 saturated carbocycles. The first kappa shape index (κ1) is 23.0. The Hall–Kier alpha value is -4.76. The van der Waals surface area contributed by atoms with E-state index in [1.165, 1.54) is 0 Å². The van der Waals surface area contributed by atoms with E-state index in [1.54, 1.807) is 0 Å². The number of nitrogens with one attached hydrogen (secondary N) is 4. The summed E-state index contributed by atoms with van der Waals surface area (Å²) in [5.74, 6) is 0.114. The smallest absolute Gasteiger partial charge is 0.297 e. The van der Waals surface area contributed by atoms with Crippen LogP contribution >= 0.6 is 0 Å². The van der Waals surface area contributed by atoms with E-state index in [2.05, 4.69) is 51.0 Å². The maximum Gasteiger partial charge on any atom is 0.297 e. The van der Waals surface area contributed by atoms with Gasteiger partial charge in [0.2, 0.25) is 0 Å². The Bertz CT molecular complexity index is 1820. The van der Waals surface area contributed by atoms with Gasteiger partial charge in [-0.05, 0) is 0 Å². The van der Waals surface area contributed by atoms with Crippen molar-refractivity contribution in [2.45, 2.75) is 52.4 Å². The van der Waals surface area contributed by atoms with E-state index in [0.29, 0.717) is 21.4 Å². The van der Waals surface area contributed by atoms with Crippen LogP contribution in [0.1, 0.15) is 52.9 Å². The number of nitrogens with zero attached hydrogens (tertiary/aromatic N) is 8. The first-order chi connectivity index (χ1) is 16.8. The Kier molecular flexibility index (Phi) is 4.71. The van der Waals surface area contributed by atoms with Crippen LogP contribution < -0.4 is 22.6 Å². The van der Waals surface area contributed by atoms with Crippen molar-refractivity contribution in [3.8, 4) is 0 Å². The molecule has 0 bridgehead atoms. The lowest BCUT2D eigenvalue weighted by atomic mass is 9.93. The van der Waals surface area contributed by atoms with E-state index in [0.717, 1.165) is 9.03 Å². The molecule has 0 aliphatic heterocycles. The second-order valence-corrected chi connectivity index (χ2v) is 10.4. The second kappa shape index (κ2) is 7.37. The molecule has 0 aliphatic rings. The highest BCUT2D eigenvalue weighted by Gasteiger charge is 2.24. The van der Waals surface area contributed by atoms with Gasteiger partial charge in [-0.2, -0.15) is 9.03 Å². The van der Waals surface area contributed by atoms with Gasteiger partial charge in [-0.15, -0.1) is 30.6 Å². The summed E-state index contributed by atoms with van der Waals surface area (Å²) in [6.45, 7) is 11.2. The number of aromatic amines is 4. The topological polar surface area (TPSA) is 235 Å². The van der Waals surface area contributed by atoms with Crippen LogP contribution in [0.15, 0.2) is 9.59 Å². The lowest BCUT2D eigenvalue weighted by Crippen LogP contribution is -2.30. The van der Waals surface area contributed by atoms with E-state index in [4.69, 9.17) is 11.5 Å². The Morgan fingerprint density at radius 2 is 0.944 bits per heavy atom. The molecule has 188 valence electrons. The molecule has 0 radical (unpaired) electrons. The van der Waals surface area contributed by atoms with Crippen molar-refractivity contribution in [1.82, 2.24) is 60.0 Å². The fourth-order valence-corrected chi connectivity index (χ4v) is 3.78. The number of hydrogen-bond donors (Lipinski definition) is 6. The van der Waals surface area contributed by atoms with E-state index >= 15 is 0 Å². The largest absolute Gasteiger partial charge is 0.382 e. The number of H-pyrrole nitrogens is 4. The zero-order chi connectivity index (χ0) is 26.2. The quantitative estimate of drug-likeness (QED) is 0.161. The normalized spacial score (nSPS) is 12.6. The zero-order valence-corrected chi connectivity index (χ0v) is 20.5. The summed E-state index contributed by atoms with van der Waals surface area (Å²) in [6, 6.07) is 0. The van der Waals surface area contributed by atoms with E-state index in [9.17, 15) is 9.59 Å². The number of nitrogens with two attached hydrogens (primary N) is 2. The molecule has 0 amide bonds. The minimum absolute atomic E-state index is 0.0570. The molecule has 0 aromatic carbocycles. The molecule has 0 aliphatic carbocycles. The number of hydrogen-bond acceptors (Lipinski definition) is 10. The van der Waals surface area contributed by atoms with Crippen LogP contribution in [0.25, 0.3) is 11.3 Å². The molecule has 5 rings (SSSR count). The van der Waals surface area contributed by atoms with Crippen molar-refractivity contribution in [1.29, 1.82) is 0 Å². The van der Waals surface area contributed by atoms with Gasteiger partial charge in [-0.3, -0.25) is 30.0 Å². The van der Waals surface area contributed by atoms with Gasteiger partial charge in [-0.25, -0.2) is 0 Å². The number of rotatable bonds is 0. The highest BCUT2D eigenvalue weighted by Crippen LogP contribution is 2.18. The molecule has 0 spiro atoms. The van der Waals surface area contributed by atoms with Gasteiger partial charge >= 0.3 is 0 Å². The van der Waals surface area contributed by atoms with E-state index in [-0.39, 0.29) is 34.3 Å². The molecule has 5 aromatic heterocycles. The molecule has 0 atom stereocenters. The lowest BCUT2D eigenvalue weighted by Gasteiger charge is -2.14. The molecule has 16 nitrogen and oxygen atoms in total. The van der Waals surface area contributed by atoms with Crippen molar-refractivity contribution in [2.75, 3.05) is 11.5 Å². The van der Waals surface area contributed by atoms with Crippen LogP contribution in [-0.2, 0) is 10.8 Å². The Morgan fingerprint density at radius 1 is 0.611 bits per heavy atom. The standard InChI is InChI=1S/C20H26N14O2/c1-19(2,3)9-17(35)33-15(29-23-9)7(11(21)31-33)13-25-27-14(28-26-13)8-12(22)32-34-16(8)30-24-10(18(34)36)20(4,5)6/h25-28H,1-6H3,(H2,21,31)(H2,22,32). The summed E-state index contributed by atoms with van der Waals surface area (Å²) in [6.07, 6.45) is 0. The van der Waals surface area contributed by atoms with Crippen molar-refractivity contribution in [2.24, 2.45) is 0 Å². The summed E-state index contributed by atoms with van der Waals surface area (Å²) in [5.41, 5.74) is 11.9. The van der Waals surface area contributed by atoms with Crippen LogP contribution in [-0.4, -0.2) is 60.0 Å². The van der Waals surface area contributed by atoms with Gasteiger partial charge in [0, 0.05) is 10.8 Å². The van der Waals surface area contributed by atoms with Crippen molar-refractivity contribution < 1.29 is 0 Å². The van der Waals surface area contributed by atoms with Gasteiger partial charge in [0.05, 0.1) is 0 Å². The minimum Gasteiger partial charge on any atom is -0.382 e. The number of anilines is 2. The molecule has 5 heterocycles. The Labute approximate surface area is 200 Å². The third kappa shape index (κ3) is 3.37. The first-order valence-corrected chi connectivity index (χ1v) is 11.0. The Balaban J connectivity index is 1.81. The fraction of sp³-hybridized carbons (Fsp3) is 0.400. The third-order valence-electron chi connectivity index (χ3n) is 5.60. The summed E-state index contributed by atoms with van der Waals surface area (Å²) >= 11 is 0. The number of nitrogen functional groups attached to an aromatic ring is 2. The average Bonchev–Trinajstić information content (AvgIpc) is 3.29. The molecule has 5 aromatic rings. The maximum atomic E-state index is 12.9. The molecule has 0 saturated heterocycles. The first-order valence-electron chi connectivity index (χ1n) is 11.0. The van der Waals surface area contributed by atoms with Gasteiger partial charge in [0.1, 0.15) is 21.8 Å². The molecule has 36 heavy (non-hydrogen) atoms. The SMILES string of the molecule is CC(C)(C)c1nnc2c(=c3[nH][nH]c(=c4c(N)nn5c(=O)c(C(C)(C)C)nnc45)[nH][nH]3)c(N)nn2c1=O. The maximum absolute atomic E-state index is 12.9. The number of aromatic nitrogens is 12.